The van der Waals surface area contributed by atoms with Gasteiger partial charge < -0.3 is 5.32 Å². The van der Waals surface area contributed by atoms with Gasteiger partial charge in [0.2, 0.25) is 10.0 Å². The van der Waals surface area contributed by atoms with Crippen LogP contribution >= 0.6 is 0 Å². The molecular weight excluding hydrogens is 284 g/mol. The van der Waals surface area contributed by atoms with Gasteiger partial charge in [0.1, 0.15) is 0 Å². The van der Waals surface area contributed by atoms with E-state index in [1.165, 1.54) is 0 Å². The van der Waals surface area contributed by atoms with Crippen LogP contribution in [-0.2, 0) is 10.0 Å². The van der Waals surface area contributed by atoms with E-state index in [-0.39, 0.29) is 6.04 Å². The Morgan fingerprint density at radius 1 is 1.33 bits per heavy atom. The van der Waals surface area contributed by atoms with Gasteiger partial charge in [-0.05, 0) is 56.8 Å². The van der Waals surface area contributed by atoms with E-state index in [4.69, 9.17) is 0 Å². The number of rotatable bonds is 6. The minimum Gasteiger partial charge on any atom is -0.313 e. The molecular formula is C16H26N2O2S. The Morgan fingerprint density at radius 3 is 2.71 bits per heavy atom. The highest BCUT2D eigenvalue weighted by Crippen LogP contribution is 2.22. The molecule has 1 saturated heterocycles. The Morgan fingerprint density at radius 2 is 2.10 bits per heavy atom. The average Bonchev–Trinajstić information content (AvgIpc) is 2.94. The molecule has 5 heteroatoms. The Hall–Kier alpha value is -0.910. The molecule has 0 aromatic heterocycles. The fraction of sp³-hybridized carbons (Fsp3) is 0.625. The minimum atomic E-state index is -3.41. The number of nitrogens with zero attached hydrogens (tertiary/aromatic N) is 1. The van der Waals surface area contributed by atoms with Crippen LogP contribution in [0.4, 0.5) is 0 Å². The maximum Gasteiger partial charge on any atom is 0.243 e. The monoisotopic (exact) mass is 310 g/mol. The van der Waals surface area contributed by atoms with Crippen LogP contribution in [0.25, 0.3) is 0 Å². The highest BCUT2D eigenvalue weighted by molar-refractivity contribution is 7.89. The number of nitrogens with one attached hydrogen (secondary N) is 1. The summed E-state index contributed by atoms with van der Waals surface area (Å²) < 4.78 is 27.6. The van der Waals surface area contributed by atoms with E-state index in [9.17, 15) is 8.42 Å². The summed E-state index contributed by atoms with van der Waals surface area (Å²) in [6, 6.07) is 5.92. The average molecular weight is 310 g/mol. The minimum absolute atomic E-state index is 0.288. The Bertz CT molecular complexity index is 578. The van der Waals surface area contributed by atoms with Crippen LogP contribution in [0.5, 0.6) is 0 Å². The van der Waals surface area contributed by atoms with Crippen LogP contribution in [0.15, 0.2) is 23.1 Å². The van der Waals surface area contributed by atoms with Crippen molar-refractivity contribution in [1.29, 1.82) is 0 Å². The zero-order valence-electron chi connectivity index (χ0n) is 13.2. The maximum atomic E-state index is 13.0. The second-order valence-corrected chi connectivity index (χ2v) is 7.83. The normalized spacial score (nSPS) is 19.3. The van der Waals surface area contributed by atoms with E-state index in [1.807, 2.05) is 32.9 Å². The fourth-order valence-corrected chi connectivity index (χ4v) is 4.73. The molecule has 0 saturated carbocycles. The third-order valence-corrected chi connectivity index (χ3v) is 6.03. The van der Waals surface area contributed by atoms with Crippen LogP contribution in [-0.4, -0.2) is 38.4 Å². The topological polar surface area (TPSA) is 49.4 Å². The van der Waals surface area contributed by atoms with Gasteiger partial charge in [0.05, 0.1) is 4.90 Å². The molecule has 4 nitrogen and oxygen atoms in total. The molecule has 1 heterocycles. The van der Waals surface area contributed by atoms with Crippen LogP contribution in [0.2, 0.25) is 0 Å². The summed E-state index contributed by atoms with van der Waals surface area (Å²) in [5, 5.41) is 3.39. The van der Waals surface area contributed by atoms with Crippen LogP contribution in [0, 0.1) is 13.8 Å². The van der Waals surface area contributed by atoms with Crippen molar-refractivity contribution in [1.82, 2.24) is 9.62 Å². The Labute approximate surface area is 128 Å². The van der Waals surface area contributed by atoms with Crippen molar-refractivity contribution < 1.29 is 8.42 Å². The predicted octanol–water partition coefficient (Wildman–Crippen LogP) is 2.46. The number of hydrogen-bond donors (Lipinski definition) is 1. The van der Waals surface area contributed by atoms with Crippen LogP contribution < -0.4 is 5.32 Å². The van der Waals surface area contributed by atoms with E-state index in [0.29, 0.717) is 18.0 Å². The van der Waals surface area contributed by atoms with Gasteiger partial charge in [0.25, 0.3) is 0 Å². The van der Waals surface area contributed by atoms with Crippen molar-refractivity contribution in [2.75, 3.05) is 19.6 Å². The van der Waals surface area contributed by atoms with Crippen LogP contribution in [0.3, 0.4) is 0 Å². The fourth-order valence-electron chi connectivity index (χ4n) is 2.84. The van der Waals surface area contributed by atoms with Gasteiger partial charge in [-0.3, -0.25) is 0 Å². The van der Waals surface area contributed by atoms with E-state index in [1.54, 1.807) is 10.4 Å². The Kier molecular flexibility index (Phi) is 5.41. The first-order valence-corrected chi connectivity index (χ1v) is 9.20. The summed E-state index contributed by atoms with van der Waals surface area (Å²) in [6.45, 7) is 7.96. The van der Waals surface area contributed by atoms with Crippen molar-refractivity contribution in [2.45, 2.75) is 51.0 Å². The van der Waals surface area contributed by atoms with Gasteiger partial charge in [0.15, 0.2) is 0 Å². The first-order chi connectivity index (χ1) is 9.95. The molecule has 1 N–H and O–H groups in total. The largest absolute Gasteiger partial charge is 0.313 e. The van der Waals surface area contributed by atoms with Crippen molar-refractivity contribution in [2.24, 2.45) is 0 Å². The lowest BCUT2D eigenvalue weighted by atomic mass is 10.2. The summed E-state index contributed by atoms with van der Waals surface area (Å²) in [5.74, 6) is 0. The molecule has 2 rings (SSSR count). The molecule has 1 fully saturated rings. The molecule has 1 aromatic carbocycles. The van der Waals surface area contributed by atoms with Crippen molar-refractivity contribution >= 4 is 10.0 Å². The van der Waals surface area contributed by atoms with Gasteiger partial charge in [-0.2, -0.15) is 4.31 Å². The highest BCUT2D eigenvalue weighted by atomic mass is 32.2. The quantitative estimate of drug-likeness (QED) is 0.878. The zero-order valence-corrected chi connectivity index (χ0v) is 14.0. The van der Waals surface area contributed by atoms with Crippen molar-refractivity contribution in [3.8, 4) is 0 Å². The lowest BCUT2D eigenvalue weighted by molar-refractivity contribution is 0.369. The molecule has 1 aromatic rings. The molecule has 0 bridgehead atoms. The molecule has 1 aliphatic heterocycles. The van der Waals surface area contributed by atoms with Gasteiger partial charge >= 0.3 is 0 Å². The molecule has 0 radical (unpaired) electrons. The van der Waals surface area contributed by atoms with Gasteiger partial charge in [-0.25, -0.2) is 8.42 Å². The van der Waals surface area contributed by atoms with Crippen molar-refractivity contribution in [3.63, 3.8) is 0 Å². The summed E-state index contributed by atoms with van der Waals surface area (Å²) in [4.78, 5) is 0.453. The molecule has 118 valence electrons. The molecule has 1 unspecified atom stereocenters. The summed E-state index contributed by atoms with van der Waals surface area (Å²) in [6.07, 6.45) is 3.02. The van der Waals surface area contributed by atoms with Gasteiger partial charge in [-0.15, -0.1) is 0 Å². The standard InChI is InChI=1S/C16H26N2O2S/c1-4-10-18(12-15-6-5-9-17-15)21(19,20)16-11-13(2)7-8-14(16)3/h7-8,11,15,17H,4-6,9-10,12H2,1-3H3. The Balaban J connectivity index is 2.29. The lowest BCUT2D eigenvalue weighted by Crippen LogP contribution is -2.41. The predicted molar refractivity (Wildman–Crippen MR) is 86.0 cm³/mol. The second-order valence-electron chi connectivity index (χ2n) is 5.93. The second kappa shape index (κ2) is 6.90. The van der Waals surface area contributed by atoms with Gasteiger partial charge in [0, 0.05) is 19.1 Å². The number of aryl methyl sites for hydroxylation is 2. The summed E-state index contributed by atoms with van der Waals surface area (Å²) >= 11 is 0. The van der Waals surface area contributed by atoms with E-state index in [0.717, 1.165) is 36.9 Å². The molecule has 21 heavy (non-hydrogen) atoms. The first-order valence-electron chi connectivity index (χ1n) is 7.76. The lowest BCUT2D eigenvalue weighted by Gasteiger charge is -2.25. The van der Waals surface area contributed by atoms with Gasteiger partial charge in [-0.1, -0.05) is 19.1 Å². The summed E-state index contributed by atoms with van der Waals surface area (Å²) in [5.41, 5.74) is 1.80. The van der Waals surface area contributed by atoms with E-state index in [2.05, 4.69) is 5.32 Å². The maximum absolute atomic E-state index is 13.0. The molecule has 0 amide bonds. The highest BCUT2D eigenvalue weighted by Gasteiger charge is 2.28. The first kappa shape index (κ1) is 16.5. The number of hydrogen-bond acceptors (Lipinski definition) is 3. The smallest absolute Gasteiger partial charge is 0.243 e. The molecule has 1 atom stereocenters. The van der Waals surface area contributed by atoms with E-state index >= 15 is 0 Å². The van der Waals surface area contributed by atoms with E-state index < -0.39 is 10.0 Å². The molecule has 0 aliphatic carbocycles. The number of sulfonamides is 1. The third-order valence-electron chi connectivity index (χ3n) is 4.02. The zero-order chi connectivity index (χ0) is 15.5. The third kappa shape index (κ3) is 3.84. The molecule has 0 spiro atoms. The molecule has 1 aliphatic rings. The SMILES string of the molecule is CCCN(CC1CCCN1)S(=O)(=O)c1cc(C)ccc1C. The number of benzene rings is 1. The summed E-state index contributed by atoms with van der Waals surface area (Å²) in [7, 11) is -3.41. The van der Waals surface area contributed by atoms with Crippen molar-refractivity contribution in [3.05, 3.63) is 29.3 Å². The van der Waals surface area contributed by atoms with Crippen LogP contribution in [0.1, 0.15) is 37.3 Å².